The van der Waals surface area contributed by atoms with E-state index in [4.69, 9.17) is 0 Å². The highest BCUT2D eigenvalue weighted by Gasteiger charge is 2.19. The third-order valence-corrected chi connectivity index (χ3v) is 15.0. The van der Waals surface area contributed by atoms with Gasteiger partial charge in [0.15, 0.2) is 0 Å². The quantitative estimate of drug-likeness (QED) is 0.140. The zero-order chi connectivity index (χ0) is 47.5. The molecule has 0 aliphatic heterocycles. The smallest absolute Gasteiger partial charge is 0.00923 e. The van der Waals surface area contributed by atoms with Crippen LogP contribution in [0, 0.1) is 0 Å². The molecule has 0 nitrogen and oxygen atoms in total. The number of fused-ring (bicyclic) bond motifs is 10. The first-order valence-corrected chi connectivity index (χ1v) is 25.0. The van der Waals surface area contributed by atoms with E-state index in [1.54, 1.807) is 0 Å². The Kier molecular flexibility index (Phi) is 9.96. The summed E-state index contributed by atoms with van der Waals surface area (Å²) in [6.07, 6.45) is 0. The Balaban J connectivity index is 1.02. The highest BCUT2D eigenvalue weighted by Crippen LogP contribution is 2.46. The molecule has 0 aromatic heterocycles. The van der Waals surface area contributed by atoms with Crippen LogP contribution in [0.3, 0.4) is 0 Å². The summed E-state index contributed by atoms with van der Waals surface area (Å²) in [6.45, 7) is 0. The Bertz CT molecular complexity index is 4400. The maximum absolute atomic E-state index is 2.47. The molecular weight excluding hydrogens is 865 g/mol. The van der Waals surface area contributed by atoms with Crippen molar-refractivity contribution in [2.45, 2.75) is 0 Å². The van der Waals surface area contributed by atoms with Gasteiger partial charge in [0, 0.05) is 0 Å². The van der Waals surface area contributed by atoms with E-state index in [0.29, 0.717) is 0 Å². The SMILES string of the molecule is c1ccc(-c2cccc(-c3cc4c5ccc(-c6ccc7c(c6)c(-c6ccccc6)cc6c8ccccc8c(-c8ccccc8)cc76)cc5c(-c5cccc(-c6ccccc6)c5)cc4c4ccccc34)c2)cc1. The van der Waals surface area contributed by atoms with E-state index in [1.165, 1.54) is 143 Å². The zero-order valence-electron chi connectivity index (χ0n) is 39.6. The Morgan fingerprint density at radius 3 is 0.778 bits per heavy atom. The molecule has 0 radical (unpaired) electrons. The molecule has 0 bridgehead atoms. The molecular formula is C72H46. The first kappa shape index (κ1) is 41.6. The molecule has 14 rings (SSSR count). The largest absolute Gasteiger partial charge is 0.0622 e. The van der Waals surface area contributed by atoms with E-state index in [0.717, 1.165) is 0 Å². The number of rotatable bonds is 7. The summed E-state index contributed by atoms with van der Waals surface area (Å²) in [5, 5.41) is 15.0. The molecule has 14 aromatic rings. The Labute approximate surface area is 419 Å². The Morgan fingerprint density at radius 1 is 0.111 bits per heavy atom. The molecule has 0 N–H and O–H groups in total. The van der Waals surface area contributed by atoms with Crippen LogP contribution in [0.1, 0.15) is 0 Å². The molecule has 0 spiro atoms. The summed E-state index contributed by atoms with van der Waals surface area (Å²) >= 11 is 0. The van der Waals surface area contributed by atoms with E-state index in [-0.39, 0.29) is 0 Å². The highest BCUT2D eigenvalue weighted by atomic mass is 14.2. The molecule has 334 valence electrons. The van der Waals surface area contributed by atoms with Gasteiger partial charge in [-0.05, 0) is 191 Å². The van der Waals surface area contributed by atoms with Crippen LogP contribution in [-0.2, 0) is 0 Å². The van der Waals surface area contributed by atoms with Crippen LogP contribution in [0.2, 0.25) is 0 Å². The number of hydrogen-bond acceptors (Lipinski definition) is 0. The van der Waals surface area contributed by atoms with Crippen LogP contribution in [-0.4, -0.2) is 0 Å². The van der Waals surface area contributed by atoms with Gasteiger partial charge in [0.2, 0.25) is 0 Å². The van der Waals surface area contributed by atoms with Gasteiger partial charge in [0.25, 0.3) is 0 Å². The third-order valence-electron chi connectivity index (χ3n) is 15.0. The lowest BCUT2D eigenvalue weighted by Gasteiger charge is -2.18. The van der Waals surface area contributed by atoms with E-state index >= 15 is 0 Å². The van der Waals surface area contributed by atoms with Crippen LogP contribution in [0.25, 0.3) is 143 Å². The average molecular weight is 911 g/mol. The predicted octanol–water partition coefficient (Wildman–Crippen LogP) is 20.3. The summed E-state index contributed by atoms with van der Waals surface area (Å²) in [7, 11) is 0. The van der Waals surface area contributed by atoms with Crippen molar-refractivity contribution in [3.8, 4) is 77.9 Å². The van der Waals surface area contributed by atoms with Crippen molar-refractivity contribution in [1.29, 1.82) is 0 Å². The molecule has 0 saturated heterocycles. The van der Waals surface area contributed by atoms with Gasteiger partial charge in [0.05, 0.1) is 0 Å². The van der Waals surface area contributed by atoms with Crippen molar-refractivity contribution in [3.63, 3.8) is 0 Å². The maximum Gasteiger partial charge on any atom is -0.00923 e. The topological polar surface area (TPSA) is 0 Å². The minimum atomic E-state index is 1.18. The van der Waals surface area contributed by atoms with E-state index in [1.807, 2.05) is 0 Å². The highest BCUT2D eigenvalue weighted by molar-refractivity contribution is 6.26. The standard InChI is InChI=1S/C72H46/c1-5-19-47(20-6-1)51-27-17-29-55(39-51)65-45-72-62-38-36-54(42-68(62)66(46-70(72)60-34-16-14-32-58(60)65)56-30-18-28-52(40-56)48-21-7-2-8-22-48)53-35-37-61-67(41-53)64(50-25-11-4-12-26-50)44-69-59-33-15-13-31-57(59)63(43-71(61)69)49-23-9-3-10-24-49/h1-46H. The fourth-order valence-corrected chi connectivity index (χ4v) is 11.5. The molecule has 0 unspecified atom stereocenters. The molecule has 0 atom stereocenters. The molecule has 14 aromatic carbocycles. The predicted molar refractivity (Wildman–Crippen MR) is 310 cm³/mol. The van der Waals surface area contributed by atoms with Gasteiger partial charge >= 0.3 is 0 Å². The zero-order valence-corrected chi connectivity index (χ0v) is 39.6. The van der Waals surface area contributed by atoms with Crippen molar-refractivity contribution in [2.24, 2.45) is 0 Å². The lowest BCUT2D eigenvalue weighted by atomic mass is 9.85. The van der Waals surface area contributed by atoms with E-state index < -0.39 is 0 Å². The van der Waals surface area contributed by atoms with Crippen molar-refractivity contribution < 1.29 is 0 Å². The Morgan fingerprint density at radius 2 is 0.375 bits per heavy atom. The van der Waals surface area contributed by atoms with Crippen LogP contribution < -0.4 is 0 Å². The first-order valence-electron chi connectivity index (χ1n) is 25.0. The van der Waals surface area contributed by atoms with Crippen molar-refractivity contribution in [3.05, 3.63) is 279 Å². The minimum absolute atomic E-state index is 1.18. The van der Waals surface area contributed by atoms with Gasteiger partial charge in [-0.2, -0.15) is 0 Å². The molecule has 72 heavy (non-hydrogen) atoms. The van der Waals surface area contributed by atoms with Crippen molar-refractivity contribution in [2.75, 3.05) is 0 Å². The summed E-state index contributed by atoms with van der Waals surface area (Å²) in [6, 6.07) is 103. The second-order valence-corrected chi connectivity index (χ2v) is 19.1. The van der Waals surface area contributed by atoms with Crippen LogP contribution in [0.5, 0.6) is 0 Å². The van der Waals surface area contributed by atoms with Gasteiger partial charge in [-0.25, -0.2) is 0 Å². The first-order chi connectivity index (χ1) is 35.7. The summed E-state index contributed by atoms with van der Waals surface area (Å²) in [5.41, 5.74) is 17.0. The van der Waals surface area contributed by atoms with Gasteiger partial charge in [-0.15, -0.1) is 0 Å². The van der Waals surface area contributed by atoms with Crippen LogP contribution >= 0.6 is 0 Å². The lowest BCUT2D eigenvalue weighted by molar-refractivity contribution is 1.60. The monoisotopic (exact) mass is 910 g/mol. The van der Waals surface area contributed by atoms with Gasteiger partial charge in [0.1, 0.15) is 0 Å². The molecule has 0 fully saturated rings. The second-order valence-electron chi connectivity index (χ2n) is 19.1. The molecule has 0 heterocycles. The molecule has 0 aliphatic carbocycles. The van der Waals surface area contributed by atoms with Crippen LogP contribution in [0.15, 0.2) is 279 Å². The van der Waals surface area contributed by atoms with Crippen molar-refractivity contribution >= 4 is 64.6 Å². The van der Waals surface area contributed by atoms with Crippen LogP contribution in [0.4, 0.5) is 0 Å². The molecule has 0 heteroatoms. The Hall–Kier alpha value is -9.36. The normalized spacial score (nSPS) is 11.6. The number of benzene rings is 14. The van der Waals surface area contributed by atoms with Gasteiger partial charge in [-0.1, -0.05) is 231 Å². The van der Waals surface area contributed by atoms with Gasteiger partial charge < -0.3 is 0 Å². The third kappa shape index (κ3) is 7.07. The summed E-state index contributed by atoms with van der Waals surface area (Å²) in [4.78, 5) is 0. The second kappa shape index (κ2) is 17.2. The average Bonchev–Trinajstić information content (AvgIpc) is 3.47. The summed E-state index contributed by atoms with van der Waals surface area (Å²) in [5.74, 6) is 0. The fraction of sp³-hybridized carbons (Fsp3) is 0. The lowest BCUT2D eigenvalue weighted by Crippen LogP contribution is -1.91. The fourth-order valence-electron chi connectivity index (χ4n) is 11.5. The molecule has 0 aliphatic rings. The number of hydrogen-bond donors (Lipinski definition) is 0. The molecule has 0 amide bonds. The van der Waals surface area contributed by atoms with Gasteiger partial charge in [-0.3, -0.25) is 0 Å². The van der Waals surface area contributed by atoms with E-state index in [9.17, 15) is 0 Å². The summed E-state index contributed by atoms with van der Waals surface area (Å²) < 4.78 is 0. The van der Waals surface area contributed by atoms with Crippen molar-refractivity contribution in [1.82, 2.24) is 0 Å². The van der Waals surface area contributed by atoms with E-state index in [2.05, 4.69) is 279 Å². The maximum atomic E-state index is 2.47. The molecule has 0 saturated carbocycles. The minimum Gasteiger partial charge on any atom is -0.0622 e.